The van der Waals surface area contributed by atoms with Crippen molar-refractivity contribution in [1.29, 1.82) is 0 Å². The Kier molecular flexibility index (Phi) is 6.52. The van der Waals surface area contributed by atoms with Gasteiger partial charge in [0.25, 0.3) is 0 Å². The first-order valence-electron chi connectivity index (χ1n) is 11.6. The number of primary amides is 1. The Labute approximate surface area is 195 Å². The molecule has 0 spiro atoms. The highest BCUT2D eigenvalue weighted by Crippen LogP contribution is 2.39. The molecule has 1 atom stereocenters. The van der Waals surface area contributed by atoms with Gasteiger partial charge in [0, 0.05) is 18.5 Å². The smallest absolute Gasteiger partial charge is 0.228 e. The summed E-state index contributed by atoms with van der Waals surface area (Å²) in [5.74, 6) is -1.18. The molecule has 0 aromatic heterocycles. The summed E-state index contributed by atoms with van der Waals surface area (Å²) in [5, 5.41) is 9.86. The van der Waals surface area contributed by atoms with Crippen LogP contribution in [0.2, 0.25) is 0 Å². The third-order valence-corrected chi connectivity index (χ3v) is 6.93. The zero-order chi connectivity index (χ0) is 23.6. The van der Waals surface area contributed by atoms with Crippen molar-refractivity contribution < 1.29 is 14.7 Å². The molecule has 172 valence electrons. The fourth-order valence-corrected chi connectivity index (χ4v) is 4.90. The highest BCUT2D eigenvalue weighted by molar-refractivity contribution is 5.95. The second-order valence-corrected chi connectivity index (χ2v) is 9.64. The van der Waals surface area contributed by atoms with Crippen molar-refractivity contribution in [2.45, 2.75) is 33.1 Å². The maximum atomic E-state index is 13.2. The van der Waals surface area contributed by atoms with E-state index in [0.29, 0.717) is 13.1 Å². The molecule has 2 aromatic carbocycles. The average Bonchev–Trinajstić information content (AvgIpc) is 2.99. The Morgan fingerprint density at radius 1 is 0.970 bits per heavy atom. The van der Waals surface area contributed by atoms with E-state index < -0.39 is 17.2 Å². The van der Waals surface area contributed by atoms with Gasteiger partial charge in [0.15, 0.2) is 0 Å². The van der Waals surface area contributed by atoms with Gasteiger partial charge in [0.05, 0.1) is 12.5 Å². The summed E-state index contributed by atoms with van der Waals surface area (Å²) in [6.07, 6.45) is 6.15. The van der Waals surface area contributed by atoms with Gasteiger partial charge in [-0.2, -0.15) is 0 Å². The van der Waals surface area contributed by atoms with Crippen molar-refractivity contribution in [3.63, 3.8) is 0 Å². The fourth-order valence-electron chi connectivity index (χ4n) is 4.90. The van der Waals surface area contributed by atoms with Crippen molar-refractivity contribution >= 4 is 29.5 Å². The van der Waals surface area contributed by atoms with E-state index >= 15 is 0 Å². The molecule has 1 aliphatic carbocycles. The molecule has 1 heterocycles. The van der Waals surface area contributed by atoms with Gasteiger partial charge in [0.2, 0.25) is 11.8 Å². The van der Waals surface area contributed by atoms with Gasteiger partial charge in [-0.1, -0.05) is 80.1 Å². The fraction of sp³-hybridized carbons (Fsp3) is 0.357. The number of nitrogens with zero attached hydrogens (tertiary/aromatic N) is 1. The predicted octanol–water partition coefficient (Wildman–Crippen LogP) is 4.10. The van der Waals surface area contributed by atoms with Crippen LogP contribution in [0.3, 0.4) is 0 Å². The summed E-state index contributed by atoms with van der Waals surface area (Å²) < 4.78 is 0. The Balaban J connectivity index is 1.60. The maximum Gasteiger partial charge on any atom is 0.228 e. The molecule has 1 saturated heterocycles. The summed E-state index contributed by atoms with van der Waals surface area (Å²) >= 11 is 0. The largest absolute Gasteiger partial charge is 0.396 e. The lowest BCUT2D eigenvalue weighted by atomic mass is 9.81. The van der Waals surface area contributed by atoms with Crippen molar-refractivity contribution in [3.8, 4) is 0 Å². The Morgan fingerprint density at radius 2 is 1.48 bits per heavy atom. The quantitative estimate of drug-likeness (QED) is 0.621. The molecule has 3 N–H and O–H groups in total. The third-order valence-electron chi connectivity index (χ3n) is 6.93. The molecular weight excluding hydrogens is 412 g/mol. The van der Waals surface area contributed by atoms with Gasteiger partial charge in [-0.05, 0) is 47.1 Å². The number of hydrogen-bond donors (Lipinski definition) is 2. The van der Waals surface area contributed by atoms with E-state index in [4.69, 9.17) is 5.73 Å². The monoisotopic (exact) mass is 444 g/mol. The van der Waals surface area contributed by atoms with Crippen molar-refractivity contribution in [2.24, 2.45) is 17.1 Å². The number of carbonyl (C=O) groups is 2. The second-order valence-electron chi connectivity index (χ2n) is 9.64. The van der Waals surface area contributed by atoms with Gasteiger partial charge >= 0.3 is 0 Å². The molecular formula is C28H32N2O3. The van der Waals surface area contributed by atoms with Gasteiger partial charge in [-0.3, -0.25) is 9.59 Å². The number of fused-ring (bicyclic) bond motifs is 2. The van der Waals surface area contributed by atoms with E-state index in [1.54, 1.807) is 13.8 Å². The first-order chi connectivity index (χ1) is 15.8. The number of carbonyl (C=O) groups excluding carboxylic acids is 2. The molecule has 2 amide bonds. The number of nitrogens with two attached hydrogens (primary N) is 1. The van der Waals surface area contributed by atoms with Crippen LogP contribution in [-0.4, -0.2) is 41.5 Å². The standard InChI is InChI=1S/C28H32N2O3/c1-28(2,27(29)33)17-22(18-31)26(32)30-15-13-21(14-16-30)25-23-9-5-3-7-19(23)11-12-20-8-4-6-10-24(20)25/h3-12,22,31H,13-18H2,1-2H3,(H2,29,33)/t22-/m1/s1. The van der Waals surface area contributed by atoms with Crippen LogP contribution in [0.4, 0.5) is 0 Å². The number of piperidine rings is 1. The Hall–Kier alpha value is -3.18. The zero-order valence-electron chi connectivity index (χ0n) is 19.4. The van der Waals surface area contributed by atoms with E-state index in [1.807, 2.05) is 4.90 Å². The van der Waals surface area contributed by atoms with Crippen LogP contribution < -0.4 is 5.73 Å². The van der Waals surface area contributed by atoms with Gasteiger partial charge in [-0.15, -0.1) is 0 Å². The molecule has 0 saturated carbocycles. The second kappa shape index (κ2) is 9.36. The van der Waals surface area contributed by atoms with Crippen molar-refractivity contribution in [3.05, 3.63) is 76.4 Å². The van der Waals surface area contributed by atoms with E-state index in [1.165, 1.54) is 33.4 Å². The molecule has 0 radical (unpaired) electrons. The van der Waals surface area contributed by atoms with Crippen LogP contribution >= 0.6 is 0 Å². The molecule has 5 nitrogen and oxygen atoms in total. The SMILES string of the molecule is CC(C)(C[C@H](CO)C(=O)N1CCC(=C2c3ccccc3C=Cc3ccccc32)CC1)C(N)=O. The average molecular weight is 445 g/mol. The van der Waals surface area contributed by atoms with Crippen LogP contribution in [0, 0.1) is 11.3 Å². The third kappa shape index (κ3) is 4.64. The number of hydrogen-bond acceptors (Lipinski definition) is 3. The van der Waals surface area contributed by atoms with Crippen molar-refractivity contribution in [2.75, 3.05) is 19.7 Å². The first-order valence-corrected chi connectivity index (χ1v) is 11.6. The number of amides is 2. The number of likely N-dealkylation sites (tertiary alicyclic amines) is 1. The zero-order valence-corrected chi connectivity index (χ0v) is 19.4. The van der Waals surface area contributed by atoms with E-state index in [9.17, 15) is 14.7 Å². The van der Waals surface area contributed by atoms with Crippen LogP contribution in [0.1, 0.15) is 55.4 Å². The molecule has 0 unspecified atom stereocenters. The molecule has 4 rings (SSSR count). The minimum Gasteiger partial charge on any atom is -0.396 e. The Bertz CT molecular complexity index is 1070. The summed E-state index contributed by atoms with van der Waals surface area (Å²) in [4.78, 5) is 26.7. The Morgan fingerprint density at radius 3 is 1.97 bits per heavy atom. The number of aliphatic hydroxyl groups excluding tert-OH is 1. The first kappa shape index (κ1) is 23.0. The highest BCUT2D eigenvalue weighted by Gasteiger charge is 2.35. The lowest BCUT2D eigenvalue weighted by Crippen LogP contribution is -2.44. The summed E-state index contributed by atoms with van der Waals surface area (Å²) in [6, 6.07) is 16.9. The molecule has 5 heteroatoms. The molecule has 2 aromatic rings. The van der Waals surface area contributed by atoms with Crippen LogP contribution in [0.15, 0.2) is 54.1 Å². The minimum absolute atomic E-state index is 0.0980. The number of benzene rings is 2. The molecule has 1 aliphatic heterocycles. The summed E-state index contributed by atoms with van der Waals surface area (Å²) in [7, 11) is 0. The molecule has 2 aliphatic rings. The van der Waals surface area contributed by atoms with Gasteiger partial charge in [0.1, 0.15) is 0 Å². The van der Waals surface area contributed by atoms with E-state index in [2.05, 4.69) is 60.7 Å². The normalized spacial score (nSPS) is 16.6. The topological polar surface area (TPSA) is 83.6 Å². The van der Waals surface area contributed by atoms with Gasteiger partial charge in [-0.25, -0.2) is 0 Å². The minimum atomic E-state index is -0.841. The lowest BCUT2D eigenvalue weighted by molar-refractivity contribution is -0.139. The van der Waals surface area contributed by atoms with Crippen molar-refractivity contribution in [1.82, 2.24) is 4.90 Å². The van der Waals surface area contributed by atoms with Crippen LogP contribution in [-0.2, 0) is 9.59 Å². The highest BCUT2D eigenvalue weighted by atomic mass is 16.3. The number of aliphatic hydroxyl groups is 1. The molecule has 1 fully saturated rings. The van der Waals surface area contributed by atoms with Crippen LogP contribution in [0.25, 0.3) is 17.7 Å². The summed E-state index contributed by atoms with van der Waals surface area (Å²) in [6.45, 7) is 4.36. The summed E-state index contributed by atoms with van der Waals surface area (Å²) in [5.41, 5.74) is 12.1. The molecule has 33 heavy (non-hydrogen) atoms. The molecule has 0 bridgehead atoms. The predicted molar refractivity (Wildman–Crippen MR) is 132 cm³/mol. The van der Waals surface area contributed by atoms with Gasteiger partial charge < -0.3 is 15.7 Å². The maximum absolute atomic E-state index is 13.2. The van der Waals surface area contributed by atoms with E-state index in [0.717, 1.165) is 12.8 Å². The van der Waals surface area contributed by atoms with Crippen LogP contribution in [0.5, 0.6) is 0 Å². The number of rotatable bonds is 5. The lowest BCUT2D eigenvalue weighted by Gasteiger charge is -2.34. The van der Waals surface area contributed by atoms with E-state index in [-0.39, 0.29) is 18.9 Å².